The fourth-order valence-corrected chi connectivity index (χ4v) is 3.34. The van der Waals surface area contributed by atoms with Crippen molar-refractivity contribution in [2.75, 3.05) is 42.7 Å². The Kier molecular flexibility index (Phi) is 9.58. The topological polar surface area (TPSA) is 95.1 Å². The molecule has 182 valence electrons. The summed E-state index contributed by atoms with van der Waals surface area (Å²) in [6.45, 7) is 5.51. The molecule has 0 radical (unpaired) electrons. The summed E-state index contributed by atoms with van der Waals surface area (Å²) in [7, 11) is 3.76. The fourth-order valence-electron chi connectivity index (χ4n) is 3.34. The van der Waals surface area contributed by atoms with E-state index in [2.05, 4.69) is 49.6 Å². The maximum Gasteiger partial charge on any atom is 0.241 e. The van der Waals surface area contributed by atoms with Crippen LogP contribution in [0.4, 0.5) is 17.5 Å². The third kappa shape index (κ3) is 7.80. The Balaban J connectivity index is 1.76. The Morgan fingerprint density at radius 3 is 2.71 bits per heavy atom. The second kappa shape index (κ2) is 13.1. The third-order valence-electron chi connectivity index (χ3n) is 5.43. The smallest absolute Gasteiger partial charge is 0.241 e. The van der Waals surface area contributed by atoms with Crippen LogP contribution in [0.1, 0.15) is 37.0 Å². The van der Waals surface area contributed by atoms with Crippen LogP contribution in [0.25, 0.3) is 0 Å². The number of carbonyl (C=O) groups is 1. The van der Waals surface area contributed by atoms with Gasteiger partial charge in [0.15, 0.2) is 0 Å². The third-order valence-corrected chi connectivity index (χ3v) is 5.43. The van der Waals surface area contributed by atoms with E-state index < -0.39 is 0 Å². The highest BCUT2D eigenvalue weighted by Crippen LogP contribution is 2.18. The molecule has 8 heteroatoms. The number of amides is 1. The molecule has 35 heavy (non-hydrogen) atoms. The molecule has 8 nitrogen and oxygen atoms in total. The minimum absolute atomic E-state index is 0.0958. The highest BCUT2D eigenvalue weighted by Gasteiger charge is 2.11. The molecule has 3 N–H and O–H groups in total. The highest BCUT2D eigenvalue weighted by molar-refractivity contribution is 5.94. The van der Waals surface area contributed by atoms with Crippen LogP contribution in [-0.2, 0) is 11.2 Å². The monoisotopic (exact) mass is 471 g/mol. The lowest BCUT2D eigenvalue weighted by molar-refractivity contribution is -0.117. The molecule has 1 amide bonds. The number of benzene rings is 1. The second-order valence-corrected chi connectivity index (χ2v) is 8.22. The molecule has 3 aromatic rings. The van der Waals surface area contributed by atoms with Gasteiger partial charge in [0.2, 0.25) is 11.9 Å². The molecule has 3 rings (SSSR count). The summed E-state index contributed by atoms with van der Waals surface area (Å²) in [5, 5.41) is 9.14. The van der Waals surface area contributed by atoms with Gasteiger partial charge in [-0.1, -0.05) is 24.8 Å². The van der Waals surface area contributed by atoms with Crippen LogP contribution in [0.2, 0.25) is 0 Å². The summed E-state index contributed by atoms with van der Waals surface area (Å²) in [5.41, 5.74) is 3.46. The molecule has 2 heterocycles. The number of nitrogens with zero attached hydrogens (tertiary/aromatic N) is 4. The van der Waals surface area contributed by atoms with Gasteiger partial charge >= 0.3 is 0 Å². The molecular formula is C27H33N7O. The maximum atomic E-state index is 12.2. The lowest BCUT2D eigenvalue weighted by Crippen LogP contribution is -2.35. The number of rotatable bonds is 10. The highest BCUT2D eigenvalue weighted by atomic mass is 16.2. The largest absolute Gasteiger partial charge is 0.358 e. The normalized spacial score (nSPS) is 11.2. The number of likely N-dealkylation sites (N-methyl/N-ethyl adjacent to an activating group) is 1. The van der Waals surface area contributed by atoms with Crippen molar-refractivity contribution in [2.45, 2.75) is 32.7 Å². The molecule has 2 aromatic heterocycles. The number of anilines is 3. The predicted octanol–water partition coefficient (Wildman–Crippen LogP) is 3.32. The average Bonchev–Trinajstić information content (AvgIpc) is 2.88. The van der Waals surface area contributed by atoms with E-state index >= 15 is 0 Å². The molecule has 1 atom stereocenters. The van der Waals surface area contributed by atoms with Gasteiger partial charge in [0, 0.05) is 43.8 Å². The summed E-state index contributed by atoms with van der Waals surface area (Å²) in [6.07, 6.45) is 7.20. The van der Waals surface area contributed by atoms with E-state index in [1.54, 1.807) is 25.6 Å². The van der Waals surface area contributed by atoms with Crippen molar-refractivity contribution < 1.29 is 4.79 Å². The zero-order valence-corrected chi connectivity index (χ0v) is 20.8. The number of nitrogens with one attached hydrogen (secondary N) is 3. The van der Waals surface area contributed by atoms with Crippen LogP contribution in [-0.4, -0.2) is 54.1 Å². The fraction of sp³-hybridized carbons (Fsp3) is 0.333. The van der Waals surface area contributed by atoms with Gasteiger partial charge < -0.3 is 20.9 Å². The summed E-state index contributed by atoms with van der Waals surface area (Å²) < 4.78 is 0. The average molecular weight is 472 g/mol. The van der Waals surface area contributed by atoms with Crippen LogP contribution in [0.3, 0.4) is 0 Å². The Hall–Kier alpha value is -3.96. The number of pyridine rings is 1. The predicted molar refractivity (Wildman–Crippen MR) is 142 cm³/mol. The molecule has 0 fully saturated rings. The molecule has 0 unspecified atom stereocenters. The molecule has 0 aliphatic rings. The first kappa shape index (κ1) is 25.7. The number of hydrogen-bond acceptors (Lipinski definition) is 7. The molecular weight excluding hydrogens is 438 g/mol. The quantitative estimate of drug-likeness (QED) is 0.391. The van der Waals surface area contributed by atoms with E-state index in [1.165, 1.54) is 5.56 Å². The summed E-state index contributed by atoms with van der Waals surface area (Å²) >= 11 is 0. The van der Waals surface area contributed by atoms with E-state index in [4.69, 9.17) is 4.98 Å². The zero-order chi connectivity index (χ0) is 25.0. The van der Waals surface area contributed by atoms with Gasteiger partial charge in [0.25, 0.3) is 0 Å². The van der Waals surface area contributed by atoms with Crippen molar-refractivity contribution >= 4 is 23.4 Å². The van der Waals surface area contributed by atoms with E-state index in [0.717, 1.165) is 42.9 Å². The Morgan fingerprint density at radius 2 is 1.97 bits per heavy atom. The SMILES string of the molecule is CCCN(C)c1nc(NCCc2ccncc2)ncc1C#Cc1cccc(NC(=O)[C@H](C)NC)c1. The van der Waals surface area contributed by atoms with Gasteiger partial charge in [-0.25, -0.2) is 4.98 Å². The van der Waals surface area contributed by atoms with Crippen molar-refractivity contribution in [3.05, 3.63) is 71.7 Å². The first-order valence-electron chi connectivity index (χ1n) is 11.8. The molecule has 0 aliphatic heterocycles. The van der Waals surface area contributed by atoms with Crippen molar-refractivity contribution in [1.82, 2.24) is 20.3 Å². The molecule has 0 saturated carbocycles. The van der Waals surface area contributed by atoms with Crippen molar-refractivity contribution in [3.63, 3.8) is 0 Å². The number of aromatic nitrogens is 3. The summed E-state index contributed by atoms with van der Waals surface area (Å²) in [6, 6.07) is 11.2. The zero-order valence-electron chi connectivity index (χ0n) is 20.8. The van der Waals surface area contributed by atoms with E-state index in [-0.39, 0.29) is 11.9 Å². The standard InChI is InChI=1S/C27H33N7O/c1-5-17-34(4)25-23(19-31-27(33-25)30-16-13-21-11-14-29-15-12-21)10-9-22-7-6-8-24(18-22)32-26(35)20(2)28-3/h6-8,11-12,14-15,18-20,28H,5,13,16-17H2,1-4H3,(H,32,35)(H,30,31,33)/t20-/m0/s1. The Bertz CT molecular complexity index is 1170. The van der Waals surface area contributed by atoms with Crippen LogP contribution >= 0.6 is 0 Å². The molecule has 0 spiro atoms. The minimum Gasteiger partial charge on any atom is -0.358 e. The van der Waals surface area contributed by atoms with Gasteiger partial charge in [-0.2, -0.15) is 4.98 Å². The van der Waals surface area contributed by atoms with Gasteiger partial charge in [-0.05, 0) is 62.7 Å². The maximum absolute atomic E-state index is 12.2. The van der Waals surface area contributed by atoms with Crippen molar-refractivity contribution in [2.24, 2.45) is 0 Å². The van der Waals surface area contributed by atoms with Crippen LogP contribution in [0.15, 0.2) is 55.0 Å². The lowest BCUT2D eigenvalue weighted by atomic mass is 10.1. The number of hydrogen-bond donors (Lipinski definition) is 3. The first-order chi connectivity index (χ1) is 17.0. The molecule has 0 saturated heterocycles. The van der Waals surface area contributed by atoms with Crippen molar-refractivity contribution in [3.8, 4) is 11.8 Å². The van der Waals surface area contributed by atoms with E-state index in [9.17, 15) is 4.79 Å². The molecule has 1 aromatic carbocycles. The Morgan fingerprint density at radius 1 is 1.17 bits per heavy atom. The molecule has 0 aliphatic carbocycles. The van der Waals surface area contributed by atoms with Crippen LogP contribution in [0, 0.1) is 11.8 Å². The first-order valence-corrected chi connectivity index (χ1v) is 11.8. The van der Waals surface area contributed by atoms with Gasteiger partial charge in [-0.3, -0.25) is 9.78 Å². The lowest BCUT2D eigenvalue weighted by Gasteiger charge is -2.19. The van der Waals surface area contributed by atoms with Crippen molar-refractivity contribution in [1.29, 1.82) is 0 Å². The Labute approximate surface area is 207 Å². The van der Waals surface area contributed by atoms with E-state index in [1.807, 2.05) is 50.4 Å². The minimum atomic E-state index is -0.282. The van der Waals surface area contributed by atoms with Gasteiger partial charge in [0.05, 0.1) is 17.8 Å². The van der Waals surface area contributed by atoms with Crippen LogP contribution < -0.4 is 20.9 Å². The second-order valence-electron chi connectivity index (χ2n) is 8.22. The van der Waals surface area contributed by atoms with Crippen LogP contribution in [0.5, 0.6) is 0 Å². The van der Waals surface area contributed by atoms with E-state index in [0.29, 0.717) is 11.6 Å². The summed E-state index contributed by atoms with van der Waals surface area (Å²) in [4.78, 5) is 27.5. The molecule has 0 bridgehead atoms. The number of carbonyl (C=O) groups excluding carboxylic acids is 1. The van der Waals surface area contributed by atoms with Gasteiger partial charge in [0.1, 0.15) is 5.82 Å². The van der Waals surface area contributed by atoms with Gasteiger partial charge in [-0.15, -0.1) is 0 Å². The summed E-state index contributed by atoms with van der Waals surface area (Å²) in [5.74, 6) is 7.67.